The molecule has 0 radical (unpaired) electrons. The number of rotatable bonds is 3. The number of aliphatic hydroxyl groups excluding tert-OH is 1. The summed E-state index contributed by atoms with van der Waals surface area (Å²) in [5.74, 6) is -0.288. The van der Waals surface area contributed by atoms with Crippen molar-refractivity contribution in [3.63, 3.8) is 0 Å². The Morgan fingerprint density at radius 3 is 3.06 bits per heavy atom. The Labute approximate surface area is 94.5 Å². The van der Waals surface area contributed by atoms with E-state index < -0.39 is 6.04 Å². The van der Waals surface area contributed by atoms with Crippen LogP contribution < -0.4 is 11.1 Å². The van der Waals surface area contributed by atoms with Crippen molar-refractivity contribution in [3.05, 3.63) is 35.4 Å². The number of hydrogen-bond acceptors (Lipinski definition) is 3. The van der Waals surface area contributed by atoms with E-state index in [1.165, 1.54) is 11.1 Å². The van der Waals surface area contributed by atoms with Crippen molar-refractivity contribution in [2.24, 2.45) is 5.73 Å². The van der Waals surface area contributed by atoms with E-state index in [0.717, 1.165) is 12.8 Å². The van der Waals surface area contributed by atoms with Crippen LogP contribution in [0.15, 0.2) is 24.3 Å². The Morgan fingerprint density at radius 2 is 2.31 bits per heavy atom. The summed E-state index contributed by atoms with van der Waals surface area (Å²) in [6, 6.07) is 7.29. The molecule has 1 aliphatic rings. The Balaban J connectivity index is 2.06. The van der Waals surface area contributed by atoms with Gasteiger partial charge in [0.15, 0.2) is 0 Å². The van der Waals surface area contributed by atoms with Crippen LogP contribution in [-0.4, -0.2) is 23.7 Å². The number of nitrogens with one attached hydrogen (secondary N) is 1. The molecular weight excluding hydrogens is 204 g/mol. The van der Waals surface area contributed by atoms with Crippen molar-refractivity contribution in [1.82, 2.24) is 5.32 Å². The van der Waals surface area contributed by atoms with Crippen LogP contribution in [0.4, 0.5) is 0 Å². The number of amides is 1. The lowest BCUT2D eigenvalue weighted by Crippen LogP contribution is -2.44. The first kappa shape index (κ1) is 11.1. The van der Waals surface area contributed by atoms with Gasteiger partial charge >= 0.3 is 0 Å². The van der Waals surface area contributed by atoms with Crippen LogP contribution in [-0.2, 0) is 11.2 Å². The Kier molecular flexibility index (Phi) is 3.22. The van der Waals surface area contributed by atoms with Gasteiger partial charge in [0.05, 0.1) is 12.6 Å². The first-order valence-electron chi connectivity index (χ1n) is 5.47. The van der Waals surface area contributed by atoms with E-state index in [-0.39, 0.29) is 18.6 Å². The van der Waals surface area contributed by atoms with E-state index in [0.29, 0.717) is 0 Å². The molecule has 0 spiro atoms. The minimum absolute atomic E-state index is 0.0429. The summed E-state index contributed by atoms with van der Waals surface area (Å²) in [6.45, 7) is -0.319. The molecule has 1 aromatic carbocycles. The molecule has 0 aromatic heterocycles. The van der Waals surface area contributed by atoms with Gasteiger partial charge in [0.1, 0.15) is 6.04 Å². The maximum absolute atomic E-state index is 11.5. The third-order valence-corrected chi connectivity index (χ3v) is 2.98. The largest absolute Gasteiger partial charge is 0.394 e. The summed E-state index contributed by atoms with van der Waals surface area (Å²) >= 11 is 0. The average molecular weight is 220 g/mol. The molecule has 0 saturated heterocycles. The summed E-state index contributed by atoms with van der Waals surface area (Å²) < 4.78 is 0. The minimum Gasteiger partial charge on any atom is -0.394 e. The van der Waals surface area contributed by atoms with Crippen LogP contribution >= 0.6 is 0 Å². The van der Waals surface area contributed by atoms with Crippen LogP contribution in [0.1, 0.15) is 23.6 Å². The highest BCUT2D eigenvalue weighted by Gasteiger charge is 2.24. The van der Waals surface area contributed by atoms with Gasteiger partial charge in [-0.2, -0.15) is 0 Å². The normalized spacial score (nSPS) is 20.2. The van der Waals surface area contributed by atoms with E-state index >= 15 is 0 Å². The lowest BCUT2D eigenvalue weighted by molar-refractivity contribution is -0.123. The molecule has 1 aliphatic carbocycles. The lowest BCUT2D eigenvalue weighted by atomic mass is 10.1. The van der Waals surface area contributed by atoms with Gasteiger partial charge in [0, 0.05) is 0 Å². The predicted octanol–water partition coefficient (Wildman–Crippen LogP) is 0.110. The van der Waals surface area contributed by atoms with Gasteiger partial charge in [0.2, 0.25) is 5.91 Å². The fourth-order valence-corrected chi connectivity index (χ4v) is 2.07. The Bertz CT molecular complexity index is 392. The van der Waals surface area contributed by atoms with Crippen molar-refractivity contribution in [2.45, 2.75) is 24.9 Å². The number of fused-ring (bicyclic) bond motifs is 1. The van der Waals surface area contributed by atoms with Crippen LogP contribution in [0, 0.1) is 0 Å². The highest BCUT2D eigenvalue weighted by atomic mass is 16.3. The number of carbonyl (C=O) groups excluding carboxylic acids is 1. The highest BCUT2D eigenvalue weighted by Crippen LogP contribution is 2.30. The fraction of sp³-hybridized carbons (Fsp3) is 0.417. The van der Waals surface area contributed by atoms with E-state index in [9.17, 15) is 4.79 Å². The van der Waals surface area contributed by atoms with Gasteiger partial charge in [-0.25, -0.2) is 0 Å². The van der Waals surface area contributed by atoms with Gasteiger partial charge in [0.25, 0.3) is 0 Å². The average Bonchev–Trinajstić information content (AvgIpc) is 2.72. The van der Waals surface area contributed by atoms with Crippen molar-refractivity contribution in [1.29, 1.82) is 0 Å². The summed E-state index contributed by atoms with van der Waals surface area (Å²) in [5.41, 5.74) is 7.90. The van der Waals surface area contributed by atoms with Gasteiger partial charge in [-0.3, -0.25) is 4.79 Å². The molecule has 0 fully saturated rings. The van der Waals surface area contributed by atoms with E-state index in [1.807, 2.05) is 18.2 Å². The summed E-state index contributed by atoms with van der Waals surface area (Å²) in [6.07, 6.45) is 1.89. The maximum Gasteiger partial charge on any atom is 0.239 e. The predicted molar refractivity (Wildman–Crippen MR) is 60.7 cm³/mol. The highest BCUT2D eigenvalue weighted by molar-refractivity contribution is 5.82. The van der Waals surface area contributed by atoms with Gasteiger partial charge in [-0.15, -0.1) is 0 Å². The number of hydrogen-bond donors (Lipinski definition) is 3. The topological polar surface area (TPSA) is 75.3 Å². The molecule has 0 saturated carbocycles. The van der Waals surface area contributed by atoms with E-state index in [4.69, 9.17) is 10.8 Å². The number of aryl methyl sites for hydroxylation is 1. The standard InChI is InChI=1S/C12H16N2O2/c13-10(7-15)12(16)14-11-6-5-8-3-1-2-4-9(8)11/h1-4,10-11,15H,5-7,13H2,(H,14,16)/t10-,11-/m1/s1. The number of carbonyl (C=O) groups is 1. The van der Waals surface area contributed by atoms with Crippen molar-refractivity contribution >= 4 is 5.91 Å². The lowest BCUT2D eigenvalue weighted by Gasteiger charge is -2.16. The molecule has 86 valence electrons. The first-order chi connectivity index (χ1) is 7.72. The SMILES string of the molecule is N[C@H](CO)C(=O)N[C@@H]1CCc2ccccc21. The molecule has 2 rings (SSSR count). The molecule has 0 aliphatic heterocycles. The Hall–Kier alpha value is -1.39. The number of nitrogens with two attached hydrogens (primary N) is 1. The molecule has 1 aromatic rings. The fourth-order valence-electron chi connectivity index (χ4n) is 2.07. The molecule has 0 heterocycles. The van der Waals surface area contributed by atoms with Gasteiger partial charge in [-0.05, 0) is 24.0 Å². The van der Waals surface area contributed by atoms with Crippen molar-refractivity contribution < 1.29 is 9.90 Å². The summed E-state index contributed by atoms with van der Waals surface area (Å²) in [7, 11) is 0. The monoisotopic (exact) mass is 220 g/mol. The molecule has 2 atom stereocenters. The molecule has 1 amide bonds. The van der Waals surface area contributed by atoms with Crippen molar-refractivity contribution in [2.75, 3.05) is 6.61 Å². The quantitative estimate of drug-likeness (QED) is 0.676. The maximum atomic E-state index is 11.5. The molecular formula is C12H16N2O2. The van der Waals surface area contributed by atoms with Crippen LogP contribution in [0.25, 0.3) is 0 Å². The van der Waals surface area contributed by atoms with E-state index in [1.54, 1.807) is 0 Å². The zero-order valence-electron chi connectivity index (χ0n) is 9.02. The number of aliphatic hydroxyl groups is 1. The van der Waals surface area contributed by atoms with Crippen LogP contribution in [0.5, 0.6) is 0 Å². The molecule has 4 heteroatoms. The second-order valence-corrected chi connectivity index (χ2v) is 4.09. The minimum atomic E-state index is -0.826. The second kappa shape index (κ2) is 4.63. The third kappa shape index (κ3) is 2.08. The molecule has 16 heavy (non-hydrogen) atoms. The zero-order valence-corrected chi connectivity index (χ0v) is 9.02. The summed E-state index contributed by atoms with van der Waals surface area (Å²) in [5, 5.41) is 11.7. The van der Waals surface area contributed by atoms with Crippen LogP contribution in [0.2, 0.25) is 0 Å². The Morgan fingerprint density at radius 1 is 1.56 bits per heavy atom. The van der Waals surface area contributed by atoms with E-state index in [2.05, 4.69) is 11.4 Å². The molecule has 0 unspecified atom stereocenters. The number of benzene rings is 1. The zero-order chi connectivity index (χ0) is 11.5. The van der Waals surface area contributed by atoms with Gasteiger partial charge in [-0.1, -0.05) is 24.3 Å². The van der Waals surface area contributed by atoms with Crippen molar-refractivity contribution in [3.8, 4) is 0 Å². The van der Waals surface area contributed by atoms with Crippen LogP contribution in [0.3, 0.4) is 0 Å². The second-order valence-electron chi connectivity index (χ2n) is 4.09. The molecule has 0 bridgehead atoms. The first-order valence-corrected chi connectivity index (χ1v) is 5.47. The van der Waals surface area contributed by atoms with Gasteiger partial charge < -0.3 is 16.2 Å². The third-order valence-electron chi connectivity index (χ3n) is 2.98. The molecule has 4 nitrogen and oxygen atoms in total. The summed E-state index contributed by atoms with van der Waals surface area (Å²) in [4.78, 5) is 11.5. The smallest absolute Gasteiger partial charge is 0.239 e. The molecule has 4 N–H and O–H groups in total.